The summed E-state index contributed by atoms with van der Waals surface area (Å²) in [5, 5.41) is 0. The number of nitrogens with zero attached hydrogens (tertiary/aromatic N) is 1. The molecule has 3 nitrogen and oxygen atoms in total. The average molecular weight is 260 g/mol. The normalized spacial score (nSPS) is 25.6. The molecular weight excluding hydrogens is 236 g/mol. The fraction of sp³-hybridized carbons (Fsp3) is 0.625. The lowest BCUT2D eigenvalue weighted by Crippen LogP contribution is -2.52. The molecule has 0 aromatic heterocycles. The molecule has 2 N–H and O–H groups in total. The van der Waals surface area contributed by atoms with Gasteiger partial charge in [-0.1, -0.05) is 12.1 Å². The molecule has 0 aliphatic carbocycles. The molecule has 1 fully saturated rings. The molecule has 0 bridgehead atoms. The third-order valence-electron chi connectivity index (χ3n) is 4.76. The van der Waals surface area contributed by atoms with Crippen LogP contribution >= 0.6 is 0 Å². The van der Waals surface area contributed by atoms with Gasteiger partial charge in [0.15, 0.2) is 0 Å². The van der Waals surface area contributed by atoms with Crippen LogP contribution in [0.25, 0.3) is 0 Å². The highest BCUT2D eigenvalue weighted by Crippen LogP contribution is 2.47. The first-order valence-electron chi connectivity index (χ1n) is 7.31. The minimum atomic E-state index is -0.165. The molecular formula is C16H24N2O. The minimum Gasteiger partial charge on any atom is -0.485 e. The summed E-state index contributed by atoms with van der Waals surface area (Å²) in [5.74, 6) is 1.01. The van der Waals surface area contributed by atoms with Crippen molar-refractivity contribution in [3.63, 3.8) is 0 Å². The van der Waals surface area contributed by atoms with Gasteiger partial charge in [-0.05, 0) is 32.4 Å². The Morgan fingerprint density at radius 3 is 2.63 bits per heavy atom. The van der Waals surface area contributed by atoms with Gasteiger partial charge in [-0.15, -0.1) is 0 Å². The number of nitrogens with two attached hydrogens (primary N) is 1. The Morgan fingerprint density at radius 1 is 1.32 bits per heavy atom. The summed E-state index contributed by atoms with van der Waals surface area (Å²) in [5.41, 5.74) is 8.74. The number of fused-ring (bicyclic) bond motifs is 1. The maximum absolute atomic E-state index is 6.48. The second-order valence-corrected chi connectivity index (χ2v) is 6.32. The van der Waals surface area contributed by atoms with Gasteiger partial charge in [0, 0.05) is 37.5 Å². The Morgan fingerprint density at radius 2 is 2.00 bits per heavy atom. The van der Waals surface area contributed by atoms with Crippen molar-refractivity contribution in [1.29, 1.82) is 0 Å². The zero-order valence-corrected chi connectivity index (χ0v) is 12.1. The fourth-order valence-corrected chi connectivity index (χ4v) is 3.38. The Kier molecular flexibility index (Phi) is 3.06. The molecule has 0 unspecified atom stereocenters. The number of rotatable bonds is 1. The first kappa shape index (κ1) is 12.9. The second kappa shape index (κ2) is 4.50. The average Bonchev–Trinajstić information content (AvgIpc) is 2.63. The van der Waals surface area contributed by atoms with Gasteiger partial charge in [0.25, 0.3) is 0 Å². The van der Waals surface area contributed by atoms with Crippen molar-refractivity contribution in [3.05, 3.63) is 29.3 Å². The highest BCUT2D eigenvalue weighted by molar-refractivity contribution is 5.45. The van der Waals surface area contributed by atoms with Gasteiger partial charge in [0.05, 0.1) is 6.04 Å². The largest absolute Gasteiger partial charge is 0.485 e. The van der Waals surface area contributed by atoms with E-state index in [0.29, 0.717) is 6.04 Å². The lowest BCUT2D eigenvalue weighted by atomic mass is 9.83. The number of ether oxygens (including phenoxy) is 1. The molecule has 0 amide bonds. The summed E-state index contributed by atoms with van der Waals surface area (Å²) in [7, 11) is 0. The zero-order valence-electron chi connectivity index (χ0n) is 12.1. The van der Waals surface area contributed by atoms with Crippen LogP contribution in [0.3, 0.4) is 0 Å². The third-order valence-corrected chi connectivity index (χ3v) is 4.76. The summed E-state index contributed by atoms with van der Waals surface area (Å²) in [4.78, 5) is 2.51. The van der Waals surface area contributed by atoms with E-state index in [0.717, 1.165) is 31.7 Å². The van der Waals surface area contributed by atoms with Crippen LogP contribution in [-0.4, -0.2) is 29.6 Å². The number of aryl methyl sites for hydroxylation is 1. The zero-order chi connectivity index (χ0) is 13.6. The molecule has 2 aliphatic heterocycles. The molecule has 0 radical (unpaired) electrons. The maximum Gasteiger partial charge on any atom is 0.131 e. The SMILES string of the molecule is Cc1ccc2c(c1)OC1(CCN(C(C)C)CC1)[C@H]2N. The smallest absolute Gasteiger partial charge is 0.131 e. The van der Waals surface area contributed by atoms with Gasteiger partial charge >= 0.3 is 0 Å². The standard InChI is InChI=1S/C16H24N2O/c1-11(2)18-8-6-16(7-9-18)15(17)13-5-4-12(3)10-14(13)19-16/h4-5,10-11,15H,6-9,17H2,1-3H3/t15-/m0/s1. The van der Waals surface area contributed by atoms with Crippen LogP contribution in [0.1, 0.15) is 43.9 Å². The van der Waals surface area contributed by atoms with Crippen molar-refractivity contribution in [2.24, 2.45) is 5.73 Å². The van der Waals surface area contributed by atoms with E-state index in [9.17, 15) is 0 Å². The van der Waals surface area contributed by atoms with Crippen molar-refractivity contribution in [3.8, 4) is 5.75 Å². The quantitative estimate of drug-likeness (QED) is 0.843. The number of benzene rings is 1. The lowest BCUT2D eigenvalue weighted by molar-refractivity contribution is -0.00692. The van der Waals surface area contributed by atoms with Crippen LogP contribution in [0.4, 0.5) is 0 Å². The van der Waals surface area contributed by atoms with Crippen LogP contribution < -0.4 is 10.5 Å². The molecule has 1 aromatic rings. The Labute approximate surface area is 115 Å². The van der Waals surface area contributed by atoms with E-state index in [1.807, 2.05) is 0 Å². The van der Waals surface area contributed by atoms with Crippen LogP contribution in [-0.2, 0) is 0 Å². The summed E-state index contributed by atoms with van der Waals surface area (Å²) < 4.78 is 6.30. The molecule has 1 saturated heterocycles. The number of likely N-dealkylation sites (tertiary alicyclic amines) is 1. The molecule has 2 heterocycles. The molecule has 2 aliphatic rings. The molecule has 1 spiro atoms. The summed E-state index contributed by atoms with van der Waals surface area (Å²) in [6.45, 7) is 8.77. The fourth-order valence-electron chi connectivity index (χ4n) is 3.38. The number of hydrogen-bond acceptors (Lipinski definition) is 3. The number of hydrogen-bond donors (Lipinski definition) is 1. The molecule has 104 valence electrons. The lowest BCUT2D eigenvalue weighted by Gasteiger charge is -2.42. The highest BCUT2D eigenvalue weighted by atomic mass is 16.5. The predicted octanol–water partition coefficient (Wildman–Crippen LogP) is 2.63. The molecule has 3 heteroatoms. The van der Waals surface area contributed by atoms with Crippen molar-refractivity contribution in [1.82, 2.24) is 4.90 Å². The molecule has 1 aromatic carbocycles. The Hall–Kier alpha value is -1.06. The second-order valence-electron chi connectivity index (χ2n) is 6.32. The molecule has 0 saturated carbocycles. The minimum absolute atomic E-state index is 0.0254. The first-order chi connectivity index (χ1) is 9.02. The molecule has 1 atom stereocenters. The predicted molar refractivity (Wildman–Crippen MR) is 77.4 cm³/mol. The van der Waals surface area contributed by atoms with E-state index in [2.05, 4.69) is 43.9 Å². The highest BCUT2D eigenvalue weighted by Gasteiger charge is 2.48. The van der Waals surface area contributed by atoms with Crippen LogP contribution in [0, 0.1) is 6.92 Å². The van der Waals surface area contributed by atoms with Gasteiger partial charge in [0.2, 0.25) is 0 Å². The van der Waals surface area contributed by atoms with Crippen molar-refractivity contribution in [2.75, 3.05) is 13.1 Å². The summed E-state index contributed by atoms with van der Waals surface area (Å²) in [6, 6.07) is 7.03. The van der Waals surface area contributed by atoms with E-state index >= 15 is 0 Å². The van der Waals surface area contributed by atoms with E-state index < -0.39 is 0 Å². The van der Waals surface area contributed by atoms with Crippen LogP contribution in [0.2, 0.25) is 0 Å². The number of piperidine rings is 1. The Balaban J connectivity index is 1.82. The van der Waals surface area contributed by atoms with E-state index in [1.165, 1.54) is 11.1 Å². The van der Waals surface area contributed by atoms with Gasteiger partial charge in [-0.2, -0.15) is 0 Å². The molecule has 3 rings (SSSR count). The van der Waals surface area contributed by atoms with Crippen LogP contribution in [0.5, 0.6) is 5.75 Å². The van der Waals surface area contributed by atoms with Crippen molar-refractivity contribution >= 4 is 0 Å². The topological polar surface area (TPSA) is 38.5 Å². The van der Waals surface area contributed by atoms with Gasteiger partial charge in [-0.3, -0.25) is 0 Å². The summed E-state index contributed by atoms with van der Waals surface area (Å²) >= 11 is 0. The summed E-state index contributed by atoms with van der Waals surface area (Å²) in [6.07, 6.45) is 2.06. The van der Waals surface area contributed by atoms with Crippen LogP contribution in [0.15, 0.2) is 18.2 Å². The molecule has 19 heavy (non-hydrogen) atoms. The van der Waals surface area contributed by atoms with E-state index in [1.54, 1.807) is 0 Å². The van der Waals surface area contributed by atoms with E-state index in [4.69, 9.17) is 10.5 Å². The van der Waals surface area contributed by atoms with Gasteiger partial charge in [-0.25, -0.2) is 0 Å². The monoisotopic (exact) mass is 260 g/mol. The van der Waals surface area contributed by atoms with Crippen molar-refractivity contribution in [2.45, 2.75) is 51.3 Å². The van der Waals surface area contributed by atoms with Gasteiger partial charge in [0.1, 0.15) is 11.4 Å². The van der Waals surface area contributed by atoms with E-state index in [-0.39, 0.29) is 11.6 Å². The third kappa shape index (κ3) is 2.05. The first-order valence-corrected chi connectivity index (χ1v) is 7.31. The van der Waals surface area contributed by atoms with Gasteiger partial charge < -0.3 is 15.4 Å². The maximum atomic E-state index is 6.48. The Bertz CT molecular complexity index is 476. The van der Waals surface area contributed by atoms with Crippen molar-refractivity contribution < 1.29 is 4.74 Å².